The van der Waals surface area contributed by atoms with Gasteiger partial charge in [0.25, 0.3) is 5.91 Å². The van der Waals surface area contributed by atoms with Crippen LogP contribution in [0.25, 0.3) is 22.2 Å². The summed E-state index contributed by atoms with van der Waals surface area (Å²) >= 11 is 0. The minimum atomic E-state index is -0.842. The molecule has 2 bridgehead atoms. The van der Waals surface area contributed by atoms with E-state index in [0.29, 0.717) is 107 Å². The number of allylic oxidation sites excluding steroid dienone is 1. The highest BCUT2D eigenvalue weighted by molar-refractivity contribution is 7.18. The number of ether oxygens (including phenoxy) is 2. The Morgan fingerprint density at radius 3 is 2.58 bits per heavy atom. The lowest BCUT2D eigenvalue weighted by atomic mass is 9.94. The first-order valence-electron chi connectivity index (χ1n) is 25.5. The number of aromatic hydroxyl groups is 1. The fraction of sp³-hybridized carbons (Fsp3) is 0.421. The molecule has 19 heteroatoms. The van der Waals surface area contributed by atoms with Crippen molar-refractivity contribution in [3.05, 3.63) is 107 Å². The first-order chi connectivity index (χ1) is 36.8. The molecule has 4 saturated heterocycles. The number of carbonyl (C=O) groups excluding carboxylic acids is 4. The predicted molar refractivity (Wildman–Crippen MR) is 304 cm³/mol. The van der Waals surface area contributed by atoms with E-state index in [4.69, 9.17) is 30.7 Å². The molecule has 4 fully saturated rings. The second kappa shape index (κ2) is 27.4. The number of carbonyl (C=O) groups is 4. The van der Waals surface area contributed by atoms with Crippen molar-refractivity contribution >= 4 is 80.6 Å². The zero-order chi connectivity index (χ0) is 55.1. The monoisotopic (exact) mass is 1060 g/mol. The number of benzene rings is 3. The molecule has 6 atom stereocenters. The summed E-state index contributed by atoms with van der Waals surface area (Å²) in [6.45, 7) is 23.2. The van der Waals surface area contributed by atoms with Crippen molar-refractivity contribution in [1.29, 1.82) is 0 Å². The summed E-state index contributed by atoms with van der Waals surface area (Å²) in [6, 6.07) is 11.4. The van der Waals surface area contributed by atoms with E-state index in [-0.39, 0.29) is 60.0 Å². The number of halogens is 1. The number of fused-ring (bicyclic) bond motifs is 5. The number of aldehydes is 1. The molecule has 404 valence electrons. The van der Waals surface area contributed by atoms with Gasteiger partial charge in [-0.3, -0.25) is 29.4 Å². The molecule has 5 aliphatic heterocycles. The van der Waals surface area contributed by atoms with Crippen molar-refractivity contribution in [3.63, 3.8) is 0 Å². The summed E-state index contributed by atoms with van der Waals surface area (Å²) in [7, 11) is 5.77. The molecular weight excluding hydrogens is 987 g/mol. The van der Waals surface area contributed by atoms with Gasteiger partial charge in [0.15, 0.2) is 0 Å². The molecule has 0 radical (unpaired) electrons. The molecule has 5 heterocycles. The number of amides is 2. The van der Waals surface area contributed by atoms with Crippen molar-refractivity contribution in [2.24, 2.45) is 20.7 Å². The standard InChI is InChI=1S/C55H65FN9O6P.CH5N.CH2O/c1-7-42-46(56)17-14-37-23-41(67)24-44(50(37)42)35(3)60-26-45(52(57-5)63-28-38-15-16-39(29-63)62-38)48(31-72)61-33-71-32-55-19-18-40(64(55)27-34(2)25-55)30-70-22-10-20-59-47-12-8-11-43-36(4)65(54(69)51(43)47)49(13-9-21-66)53(68)58-6;2*1-2/h1,8,11-12,14,17,21,23-24,26,38-40,49,59,62,67H,2-5,9-10,13,15-16,18-20,22,25,27-33,72H2,6H3,(H,58,68);2H2,1H3;1H2/b52-45+,60-26?,61-48-;;. The normalized spacial score (nSPS) is 21.5. The Kier molecular flexibility index (Phi) is 21.1. The molecule has 17 nitrogen and oxygen atoms in total. The second-order valence-electron chi connectivity index (χ2n) is 19.1. The number of nitrogens with zero attached hydrogens (tertiary/aromatic N) is 6. The zero-order valence-electron chi connectivity index (χ0n) is 43.8. The van der Waals surface area contributed by atoms with Gasteiger partial charge in [0.05, 0.1) is 41.3 Å². The topological polar surface area (TPSA) is 216 Å². The quantitative estimate of drug-likeness (QED) is 0.0186. The fourth-order valence-corrected chi connectivity index (χ4v) is 11.6. The van der Waals surface area contributed by atoms with Gasteiger partial charge >= 0.3 is 0 Å². The Hall–Kier alpha value is -6.71. The van der Waals surface area contributed by atoms with Gasteiger partial charge in [-0.1, -0.05) is 49.4 Å². The molecular formula is C57H72FN10O7P. The molecule has 0 spiro atoms. The van der Waals surface area contributed by atoms with E-state index in [1.54, 1.807) is 12.3 Å². The minimum Gasteiger partial charge on any atom is -0.508 e. The fourth-order valence-electron chi connectivity index (χ4n) is 11.2. The Labute approximate surface area is 447 Å². The van der Waals surface area contributed by atoms with Crippen molar-refractivity contribution < 1.29 is 38.1 Å². The first kappa shape index (κ1) is 58.5. The molecule has 0 aliphatic carbocycles. The number of likely N-dealkylation sites (N-methyl/N-ethyl adjacent to an activating group) is 1. The number of hydrogen-bond acceptors (Lipinski definition) is 15. The molecule has 6 unspecified atom stereocenters. The maximum atomic E-state index is 15.0. The number of nitrogens with one attached hydrogen (secondary N) is 3. The summed E-state index contributed by atoms with van der Waals surface area (Å²) in [5.74, 6) is 1.86. The molecule has 3 aromatic carbocycles. The summed E-state index contributed by atoms with van der Waals surface area (Å²) in [5, 5.41) is 21.3. The average molecular weight is 1060 g/mol. The van der Waals surface area contributed by atoms with Gasteiger partial charge in [0.1, 0.15) is 43.2 Å². The Morgan fingerprint density at radius 1 is 1.14 bits per heavy atom. The summed E-state index contributed by atoms with van der Waals surface area (Å²) in [5.41, 5.74) is 9.73. The number of hydrogen-bond donors (Lipinski definition) is 5. The van der Waals surface area contributed by atoms with Crippen LogP contribution in [0.4, 0.5) is 10.1 Å². The van der Waals surface area contributed by atoms with Crippen LogP contribution in [-0.2, 0) is 23.9 Å². The smallest absolute Gasteiger partial charge is 0.261 e. The molecule has 8 rings (SSSR count). The van der Waals surface area contributed by atoms with Crippen molar-refractivity contribution in [2.45, 2.75) is 81.1 Å². The number of aliphatic imine (C=N–C) groups is 3. The Morgan fingerprint density at radius 2 is 1.89 bits per heavy atom. The predicted octanol–water partition coefficient (Wildman–Crippen LogP) is 5.94. The van der Waals surface area contributed by atoms with E-state index >= 15 is 0 Å². The van der Waals surface area contributed by atoms with Crippen LogP contribution in [-0.4, -0.2) is 166 Å². The van der Waals surface area contributed by atoms with Crippen molar-refractivity contribution in [1.82, 2.24) is 25.3 Å². The number of terminal acetylenes is 1. The van der Waals surface area contributed by atoms with Crippen LogP contribution in [0.15, 0.2) is 94.1 Å². The van der Waals surface area contributed by atoms with Gasteiger partial charge in [-0.05, 0) is 88.4 Å². The number of phenols is 1. The minimum absolute atomic E-state index is 0.0278. The summed E-state index contributed by atoms with van der Waals surface area (Å²) in [4.78, 5) is 66.2. The highest BCUT2D eigenvalue weighted by Crippen LogP contribution is 2.45. The average Bonchev–Trinajstić information content (AvgIpc) is 4.14. The second-order valence-corrected chi connectivity index (χ2v) is 19.5. The SMILES string of the molecule is C#Cc1c(F)ccc2cc(O)cc(C(=C)N=CC(=C(/N=C)N3CC4CCC(C3)N4)/C(CP)=N\COCC34CCC(COCCCNc5cccc6c5C(=O)N(C(CCC=O)C(=O)NC)C6=C)N3CC(=C)C4)c12.C=O.CN. The maximum Gasteiger partial charge on any atom is 0.261 e. The zero-order valence-corrected chi connectivity index (χ0v) is 44.9. The maximum absolute atomic E-state index is 15.0. The number of phenolic OH excluding ortho intramolecular Hbond substituents is 1. The number of likely N-dealkylation sites (tertiary alicyclic amines) is 1. The van der Waals surface area contributed by atoms with E-state index in [9.17, 15) is 23.9 Å². The highest BCUT2D eigenvalue weighted by Gasteiger charge is 2.50. The lowest BCUT2D eigenvalue weighted by Crippen LogP contribution is -2.50. The van der Waals surface area contributed by atoms with E-state index in [0.717, 1.165) is 63.6 Å². The first-order valence-corrected chi connectivity index (χ1v) is 26.3. The van der Waals surface area contributed by atoms with Gasteiger partial charge in [-0.2, -0.15) is 0 Å². The van der Waals surface area contributed by atoms with Gasteiger partial charge in [0.2, 0.25) is 5.91 Å². The lowest BCUT2D eigenvalue weighted by molar-refractivity contribution is -0.124. The molecule has 3 aromatic rings. The summed E-state index contributed by atoms with van der Waals surface area (Å²) < 4.78 is 27.7. The van der Waals surface area contributed by atoms with Crippen LogP contribution >= 0.6 is 9.24 Å². The van der Waals surface area contributed by atoms with Gasteiger partial charge in [-0.25, -0.2) is 9.38 Å². The number of nitrogens with two attached hydrogens (primary N) is 1. The Bertz CT molecular complexity index is 2820. The lowest BCUT2D eigenvalue weighted by Gasteiger charge is -2.35. The molecule has 0 aromatic heterocycles. The third-order valence-corrected chi connectivity index (χ3v) is 14.9. The van der Waals surface area contributed by atoms with Crippen LogP contribution in [0.1, 0.15) is 78.4 Å². The van der Waals surface area contributed by atoms with Gasteiger partial charge < -0.3 is 50.8 Å². The third kappa shape index (κ3) is 12.7. The molecule has 76 heavy (non-hydrogen) atoms. The summed E-state index contributed by atoms with van der Waals surface area (Å²) in [6.07, 6.45) is 14.5. The van der Waals surface area contributed by atoms with Gasteiger partial charge in [0, 0.05) is 110 Å². The molecule has 0 saturated carbocycles. The van der Waals surface area contributed by atoms with Crippen molar-refractivity contribution in [2.75, 3.05) is 78.3 Å². The van der Waals surface area contributed by atoms with Gasteiger partial charge in [-0.15, -0.1) is 15.7 Å². The van der Waals surface area contributed by atoms with Crippen LogP contribution in [0.5, 0.6) is 5.75 Å². The number of anilines is 1. The number of piperazine rings is 1. The van der Waals surface area contributed by atoms with Crippen LogP contribution in [0.3, 0.4) is 0 Å². The van der Waals surface area contributed by atoms with E-state index < -0.39 is 11.9 Å². The molecule has 5 aliphatic rings. The van der Waals surface area contributed by atoms with Crippen LogP contribution in [0, 0.1) is 18.2 Å². The largest absolute Gasteiger partial charge is 0.508 e. The third-order valence-electron chi connectivity index (χ3n) is 14.6. The van der Waals surface area contributed by atoms with Crippen LogP contribution < -0.4 is 21.7 Å². The Balaban J connectivity index is 0.00000229. The molecule has 6 N–H and O–H groups in total. The van der Waals surface area contributed by atoms with E-state index in [1.165, 1.54) is 37.2 Å². The number of rotatable bonds is 23. The highest BCUT2D eigenvalue weighted by atomic mass is 31.0. The van der Waals surface area contributed by atoms with Crippen molar-refractivity contribution in [3.8, 4) is 18.1 Å². The van der Waals surface area contributed by atoms with Crippen LogP contribution in [0.2, 0.25) is 0 Å². The van der Waals surface area contributed by atoms with E-state index in [2.05, 4.69) is 78.1 Å². The van der Waals surface area contributed by atoms with E-state index in [1.807, 2.05) is 25.0 Å². The molecule has 2 amide bonds.